The molecule has 1 saturated heterocycles. The topological polar surface area (TPSA) is 12.0 Å². The second-order valence-electron chi connectivity index (χ2n) is 2.89. The fourth-order valence-corrected chi connectivity index (χ4v) is 1.36. The molecule has 1 fully saturated rings. The van der Waals surface area contributed by atoms with Gasteiger partial charge in [-0.15, -0.1) is 0 Å². The highest BCUT2D eigenvalue weighted by molar-refractivity contribution is 4.77. The molecule has 66 valence electrons. The first kappa shape index (κ1) is 8.84. The Balaban J connectivity index is 2.32. The van der Waals surface area contributed by atoms with Gasteiger partial charge in [0.25, 0.3) is 6.43 Å². The molecular formula is C7H12F3N. The molecule has 0 saturated carbocycles. The van der Waals surface area contributed by atoms with Crippen LogP contribution in [0, 0.1) is 5.92 Å². The summed E-state index contributed by atoms with van der Waals surface area (Å²) in [4.78, 5) is 0. The van der Waals surface area contributed by atoms with Crippen LogP contribution in [0.4, 0.5) is 13.2 Å². The molecule has 0 aromatic rings. The molecule has 1 nitrogen and oxygen atoms in total. The second-order valence-corrected chi connectivity index (χ2v) is 2.89. The first-order valence-electron chi connectivity index (χ1n) is 3.84. The third-order valence-corrected chi connectivity index (χ3v) is 2.03. The number of hydrogen-bond acceptors (Lipinski definition) is 1. The Kier molecular flexibility index (Phi) is 3.17. The number of piperidine rings is 1. The van der Waals surface area contributed by atoms with Gasteiger partial charge in [0.15, 0.2) is 6.17 Å². The Hall–Kier alpha value is -0.250. The van der Waals surface area contributed by atoms with Crippen LogP contribution in [0.2, 0.25) is 0 Å². The van der Waals surface area contributed by atoms with Gasteiger partial charge in [-0.3, -0.25) is 0 Å². The SMILES string of the molecule is FC(F)C(F)C1CCCNC1. The molecular weight excluding hydrogens is 155 g/mol. The maximum atomic E-state index is 12.6. The number of rotatable bonds is 2. The molecule has 4 heteroatoms. The normalized spacial score (nSPS) is 28.9. The van der Waals surface area contributed by atoms with Crippen molar-refractivity contribution in [2.75, 3.05) is 13.1 Å². The van der Waals surface area contributed by atoms with Crippen LogP contribution in [-0.2, 0) is 0 Å². The van der Waals surface area contributed by atoms with Crippen molar-refractivity contribution in [2.45, 2.75) is 25.4 Å². The predicted molar refractivity (Wildman–Crippen MR) is 36.5 cm³/mol. The Morgan fingerprint density at radius 1 is 1.27 bits per heavy atom. The molecule has 0 amide bonds. The number of hydrogen-bond donors (Lipinski definition) is 1. The molecule has 2 unspecified atom stereocenters. The molecule has 0 bridgehead atoms. The van der Waals surface area contributed by atoms with E-state index in [0.29, 0.717) is 13.0 Å². The Morgan fingerprint density at radius 3 is 2.45 bits per heavy atom. The van der Waals surface area contributed by atoms with Crippen molar-refractivity contribution in [3.8, 4) is 0 Å². The van der Waals surface area contributed by atoms with Gasteiger partial charge in [0.1, 0.15) is 0 Å². The van der Waals surface area contributed by atoms with E-state index in [0.717, 1.165) is 13.0 Å². The highest BCUT2D eigenvalue weighted by Gasteiger charge is 2.30. The Bertz CT molecular complexity index is 112. The summed E-state index contributed by atoms with van der Waals surface area (Å²) in [6.07, 6.45) is -3.38. The molecule has 11 heavy (non-hydrogen) atoms. The van der Waals surface area contributed by atoms with Gasteiger partial charge in [0.2, 0.25) is 0 Å². The average Bonchev–Trinajstić information content (AvgIpc) is 2.05. The van der Waals surface area contributed by atoms with E-state index in [-0.39, 0.29) is 0 Å². The summed E-state index contributed by atoms with van der Waals surface area (Å²) in [5.41, 5.74) is 0. The lowest BCUT2D eigenvalue weighted by Gasteiger charge is -2.25. The van der Waals surface area contributed by atoms with E-state index in [9.17, 15) is 13.2 Å². The van der Waals surface area contributed by atoms with Crippen molar-refractivity contribution in [3.63, 3.8) is 0 Å². The summed E-state index contributed by atoms with van der Waals surface area (Å²) >= 11 is 0. The third kappa shape index (κ3) is 2.36. The van der Waals surface area contributed by atoms with E-state index in [2.05, 4.69) is 5.32 Å². The molecule has 0 aromatic carbocycles. The van der Waals surface area contributed by atoms with Crippen LogP contribution in [-0.4, -0.2) is 25.7 Å². The molecule has 2 atom stereocenters. The molecule has 1 aliphatic heterocycles. The molecule has 1 heterocycles. The van der Waals surface area contributed by atoms with Crippen LogP contribution in [0.25, 0.3) is 0 Å². The van der Waals surface area contributed by atoms with Crippen LogP contribution in [0.3, 0.4) is 0 Å². The van der Waals surface area contributed by atoms with Gasteiger partial charge in [-0.25, -0.2) is 13.2 Å². The molecule has 0 aromatic heterocycles. The molecule has 0 aliphatic carbocycles. The van der Waals surface area contributed by atoms with Crippen LogP contribution in [0.1, 0.15) is 12.8 Å². The van der Waals surface area contributed by atoms with Crippen LogP contribution < -0.4 is 5.32 Å². The fraction of sp³-hybridized carbons (Fsp3) is 1.00. The minimum Gasteiger partial charge on any atom is -0.316 e. The van der Waals surface area contributed by atoms with Gasteiger partial charge in [-0.2, -0.15) is 0 Å². The largest absolute Gasteiger partial charge is 0.316 e. The molecule has 0 radical (unpaired) electrons. The van der Waals surface area contributed by atoms with Gasteiger partial charge in [0.05, 0.1) is 0 Å². The van der Waals surface area contributed by atoms with Gasteiger partial charge < -0.3 is 5.32 Å². The highest BCUT2D eigenvalue weighted by atomic mass is 19.3. The zero-order chi connectivity index (χ0) is 8.27. The average molecular weight is 167 g/mol. The van der Waals surface area contributed by atoms with Crippen molar-refractivity contribution < 1.29 is 13.2 Å². The molecule has 1 rings (SSSR count). The summed E-state index contributed by atoms with van der Waals surface area (Å²) in [5.74, 6) is -0.483. The minimum absolute atomic E-state index is 0.394. The van der Waals surface area contributed by atoms with E-state index < -0.39 is 18.5 Å². The van der Waals surface area contributed by atoms with Crippen molar-refractivity contribution >= 4 is 0 Å². The highest BCUT2D eigenvalue weighted by Crippen LogP contribution is 2.21. The summed E-state index contributed by atoms with van der Waals surface area (Å²) in [7, 11) is 0. The van der Waals surface area contributed by atoms with Crippen molar-refractivity contribution in [1.29, 1.82) is 0 Å². The summed E-state index contributed by atoms with van der Waals surface area (Å²) in [5, 5.41) is 2.90. The standard InChI is InChI=1S/C7H12F3N/c8-6(7(9)10)5-2-1-3-11-4-5/h5-7,11H,1-4H2. The zero-order valence-electron chi connectivity index (χ0n) is 6.19. The Labute approximate surface area is 64.0 Å². The van der Waals surface area contributed by atoms with Gasteiger partial charge in [0, 0.05) is 12.5 Å². The first-order valence-corrected chi connectivity index (χ1v) is 3.84. The van der Waals surface area contributed by atoms with Crippen LogP contribution in [0.5, 0.6) is 0 Å². The van der Waals surface area contributed by atoms with Gasteiger partial charge >= 0.3 is 0 Å². The number of halogens is 3. The maximum Gasteiger partial charge on any atom is 0.269 e. The van der Waals surface area contributed by atoms with E-state index in [1.54, 1.807) is 0 Å². The summed E-state index contributed by atoms with van der Waals surface area (Å²) in [6.45, 7) is 1.22. The molecule has 1 N–H and O–H groups in total. The van der Waals surface area contributed by atoms with Crippen LogP contribution in [0.15, 0.2) is 0 Å². The molecule has 0 spiro atoms. The van der Waals surface area contributed by atoms with E-state index >= 15 is 0 Å². The van der Waals surface area contributed by atoms with E-state index in [1.165, 1.54) is 0 Å². The van der Waals surface area contributed by atoms with Crippen LogP contribution >= 0.6 is 0 Å². The van der Waals surface area contributed by atoms with Crippen molar-refractivity contribution in [2.24, 2.45) is 5.92 Å². The zero-order valence-corrected chi connectivity index (χ0v) is 6.19. The lowest BCUT2D eigenvalue weighted by atomic mass is 9.95. The van der Waals surface area contributed by atoms with Gasteiger partial charge in [-0.1, -0.05) is 0 Å². The lowest BCUT2D eigenvalue weighted by molar-refractivity contribution is 0.00966. The smallest absolute Gasteiger partial charge is 0.269 e. The van der Waals surface area contributed by atoms with E-state index in [1.807, 2.05) is 0 Å². The van der Waals surface area contributed by atoms with Crippen molar-refractivity contribution in [3.05, 3.63) is 0 Å². The fourth-order valence-electron chi connectivity index (χ4n) is 1.36. The monoisotopic (exact) mass is 167 g/mol. The predicted octanol–water partition coefficient (Wildman–Crippen LogP) is 1.59. The molecule has 1 aliphatic rings. The number of nitrogens with one attached hydrogen (secondary N) is 1. The summed E-state index contributed by atoms with van der Waals surface area (Å²) < 4.78 is 36.2. The minimum atomic E-state index is -2.82. The van der Waals surface area contributed by atoms with Gasteiger partial charge in [-0.05, 0) is 19.4 Å². The van der Waals surface area contributed by atoms with E-state index in [4.69, 9.17) is 0 Å². The van der Waals surface area contributed by atoms with Crippen molar-refractivity contribution in [1.82, 2.24) is 5.32 Å². The first-order chi connectivity index (χ1) is 5.22. The summed E-state index contributed by atoms with van der Waals surface area (Å²) in [6, 6.07) is 0. The quantitative estimate of drug-likeness (QED) is 0.658. The lowest BCUT2D eigenvalue weighted by Crippen LogP contribution is -2.37. The third-order valence-electron chi connectivity index (χ3n) is 2.03. The second kappa shape index (κ2) is 3.95. The maximum absolute atomic E-state index is 12.6. The Morgan fingerprint density at radius 2 is 2.00 bits per heavy atom. The number of alkyl halides is 3.